The standard InChI is InChI=1S/C32H41N3O5S/c1-6-7-20-33-32(37)25(4)34(22-26-12-11-13-29(21-26)40-5)31(36)23-35(28-18-16-27(17-19-28)24(2)3)41(38,39)30-14-9-8-10-15-30/h8-19,21,24-25H,6-7,20,22-23H2,1-5H3,(H,33,37)/t25-/m0/s1. The smallest absolute Gasteiger partial charge is 0.264 e. The number of carbonyl (C=O) groups is 2. The Morgan fingerprint density at radius 2 is 1.61 bits per heavy atom. The molecule has 0 radical (unpaired) electrons. The molecule has 0 saturated heterocycles. The summed E-state index contributed by atoms with van der Waals surface area (Å²) in [6.45, 7) is 7.92. The molecule has 0 heterocycles. The van der Waals surface area contributed by atoms with Crippen molar-refractivity contribution in [3.8, 4) is 5.75 Å². The monoisotopic (exact) mass is 579 g/mol. The van der Waals surface area contributed by atoms with Gasteiger partial charge in [0, 0.05) is 13.1 Å². The molecule has 3 aromatic carbocycles. The lowest BCUT2D eigenvalue weighted by atomic mass is 10.0. The molecule has 0 fully saturated rings. The van der Waals surface area contributed by atoms with E-state index in [1.54, 1.807) is 56.5 Å². The SMILES string of the molecule is CCCCNC(=O)[C@H](C)N(Cc1cccc(OC)c1)C(=O)CN(c1ccc(C(C)C)cc1)S(=O)(=O)c1ccccc1. The lowest BCUT2D eigenvalue weighted by Crippen LogP contribution is -2.51. The second kappa shape index (κ2) is 14.7. The fourth-order valence-corrected chi connectivity index (χ4v) is 5.80. The summed E-state index contributed by atoms with van der Waals surface area (Å²) in [5.41, 5.74) is 2.17. The number of hydrogen-bond donors (Lipinski definition) is 1. The first kappa shape index (κ1) is 31.7. The van der Waals surface area contributed by atoms with Gasteiger partial charge in [-0.1, -0.05) is 69.7 Å². The van der Waals surface area contributed by atoms with Crippen LogP contribution in [0.25, 0.3) is 0 Å². The number of rotatable bonds is 14. The normalized spacial score (nSPS) is 12.0. The fourth-order valence-electron chi connectivity index (χ4n) is 4.36. The highest BCUT2D eigenvalue weighted by atomic mass is 32.2. The number of sulfonamides is 1. The Morgan fingerprint density at radius 3 is 2.22 bits per heavy atom. The molecule has 0 bridgehead atoms. The van der Waals surface area contributed by atoms with Crippen LogP contribution in [0.3, 0.4) is 0 Å². The summed E-state index contributed by atoms with van der Waals surface area (Å²) in [5, 5.41) is 2.90. The summed E-state index contributed by atoms with van der Waals surface area (Å²) >= 11 is 0. The summed E-state index contributed by atoms with van der Waals surface area (Å²) in [5.74, 6) is 0.0793. The van der Waals surface area contributed by atoms with Gasteiger partial charge in [0.1, 0.15) is 18.3 Å². The molecular formula is C32H41N3O5S. The third-order valence-electron chi connectivity index (χ3n) is 6.94. The molecule has 0 aliphatic carbocycles. The van der Waals surface area contributed by atoms with Crippen LogP contribution >= 0.6 is 0 Å². The Hall–Kier alpha value is -3.85. The van der Waals surface area contributed by atoms with Crippen molar-refractivity contribution >= 4 is 27.5 Å². The third kappa shape index (κ3) is 8.33. The van der Waals surface area contributed by atoms with E-state index in [1.165, 1.54) is 17.0 Å². The minimum absolute atomic E-state index is 0.0745. The number of benzene rings is 3. The number of ether oxygens (including phenoxy) is 1. The number of amides is 2. The molecule has 0 saturated carbocycles. The van der Waals surface area contributed by atoms with Crippen molar-refractivity contribution < 1.29 is 22.7 Å². The lowest BCUT2D eigenvalue weighted by molar-refractivity contribution is -0.139. The largest absolute Gasteiger partial charge is 0.497 e. The van der Waals surface area contributed by atoms with Gasteiger partial charge in [-0.25, -0.2) is 8.42 Å². The van der Waals surface area contributed by atoms with Gasteiger partial charge in [0.2, 0.25) is 11.8 Å². The molecule has 9 heteroatoms. The highest BCUT2D eigenvalue weighted by Gasteiger charge is 2.32. The summed E-state index contributed by atoms with van der Waals surface area (Å²) in [7, 11) is -2.54. The minimum atomic E-state index is -4.10. The zero-order chi connectivity index (χ0) is 30.0. The Kier molecular flexibility index (Phi) is 11.3. The van der Waals surface area contributed by atoms with Crippen LogP contribution in [-0.2, 0) is 26.2 Å². The zero-order valence-electron chi connectivity index (χ0n) is 24.5. The molecule has 0 aromatic heterocycles. The van der Waals surface area contributed by atoms with Crippen molar-refractivity contribution in [2.24, 2.45) is 0 Å². The number of nitrogens with zero attached hydrogens (tertiary/aromatic N) is 2. The van der Waals surface area contributed by atoms with Gasteiger partial charge in [-0.2, -0.15) is 0 Å². The molecular weight excluding hydrogens is 538 g/mol. The maximum atomic E-state index is 14.0. The predicted octanol–water partition coefficient (Wildman–Crippen LogP) is 5.35. The van der Waals surface area contributed by atoms with Gasteiger partial charge in [-0.15, -0.1) is 0 Å². The van der Waals surface area contributed by atoms with Crippen LogP contribution in [-0.4, -0.2) is 51.4 Å². The second-order valence-corrected chi connectivity index (χ2v) is 12.1. The highest BCUT2D eigenvalue weighted by molar-refractivity contribution is 7.92. The van der Waals surface area contributed by atoms with Gasteiger partial charge in [0.15, 0.2) is 0 Å². The molecule has 1 atom stereocenters. The predicted molar refractivity (Wildman–Crippen MR) is 162 cm³/mol. The first-order chi connectivity index (χ1) is 19.6. The quantitative estimate of drug-likeness (QED) is 0.260. The minimum Gasteiger partial charge on any atom is -0.497 e. The molecule has 3 rings (SSSR count). The van der Waals surface area contributed by atoms with Crippen LogP contribution in [0.5, 0.6) is 5.75 Å². The second-order valence-electron chi connectivity index (χ2n) is 10.3. The number of carbonyl (C=O) groups excluding carboxylic acids is 2. The van der Waals surface area contributed by atoms with E-state index in [9.17, 15) is 18.0 Å². The van der Waals surface area contributed by atoms with Crippen molar-refractivity contribution in [2.75, 3.05) is 24.5 Å². The lowest BCUT2D eigenvalue weighted by Gasteiger charge is -2.32. The number of unbranched alkanes of at least 4 members (excludes halogenated alkanes) is 1. The van der Waals surface area contributed by atoms with Crippen LogP contribution in [0.15, 0.2) is 83.8 Å². The molecule has 220 valence electrons. The molecule has 0 aliphatic heterocycles. The Labute approximate surface area is 244 Å². The molecule has 0 unspecified atom stereocenters. The molecule has 0 aliphatic rings. The average molecular weight is 580 g/mol. The molecule has 3 aromatic rings. The highest BCUT2D eigenvalue weighted by Crippen LogP contribution is 2.27. The Bertz CT molecular complexity index is 1390. The van der Waals surface area contributed by atoms with Crippen molar-refractivity contribution in [1.82, 2.24) is 10.2 Å². The molecule has 0 spiro atoms. The average Bonchev–Trinajstić information content (AvgIpc) is 2.98. The van der Waals surface area contributed by atoms with Gasteiger partial charge in [0.25, 0.3) is 10.0 Å². The summed E-state index contributed by atoms with van der Waals surface area (Å²) in [4.78, 5) is 28.6. The van der Waals surface area contributed by atoms with E-state index in [1.807, 2.05) is 31.2 Å². The number of hydrogen-bond acceptors (Lipinski definition) is 5. The summed E-state index contributed by atoms with van der Waals surface area (Å²) in [6.07, 6.45) is 1.74. The topological polar surface area (TPSA) is 96.0 Å². The van der Waals surface area contributed by atoms with Crippen LogP contribution < -0.4 is 14.4 Å². The maximum absolute atomic E-state index is 14.0. The third-order valence-corrected chi connectivity index (χ3v) is 8.73. The van der Waals surface area contributed by atoms with E-state index in [-0.39, 0.29) is 23.3 Å². The van der Waals surface area contributed by atoms with E-state index in [4.69, 9.17) is 4.74 Å². The van der Waals surface area contributed by atoms with E-state index in [0.717, 1.165) is 28.3 Å². The van der Waals surface area contributed by atoms with Gasteiger partial charge in [0.05, 0.1) is 17.7 Å². The first-order valence-electron chi connectivity index (χ1n) is 14.0. The van der Waals surface area contributed by atoms with E-state index < -0.39 is 28.5 Å². The van der Waals surface area contributed by atoms with Gasteiger partial charge < -0.3 is 15.0 Å². The van der Waals surface area contributed by atoms with Crippen LogP contribution in [0.2, 0.25) is 0 Å². The Morgan fingerprint density at radius 1 is 0.927 bits per heavy atom. The zero-order valence-corrected chi connectivity index (χ0v) is 25.4. The molecule has 2 amide bonds. The van der Waals surface area contributed by atoms with E-state index >= 15 is 0 Å². The van der Waals surface area contributed by atoms with Crippen LogP contribution in [0.4, 0.5) is 5.69 Å². The number of methoxy groups -OCH3 is 1. The van der Waals surface area contributed by atoms with Gasteiger partial charge in [-0.05, 0) is 66.8 Å². The first-order valence-corrected chi connectivity index (χ1v) is 15.4. The van der Waals surface area contributed by atoms with Crippen molar-refractivity contribution in [2.45, 2.75) is 63.9 Å². The molecule has 1 N–H and O–H groups in total. The van der Waals surface area contributed by atoms with Crippen LogP contribution in [0, 0.1) is 0 Å². The van der Waals surface area contributed by atoms with Gasteiger partial charge >= 0.3 is 0 Å². The molecule has 8 nitrogen and oxygen atoms in total. The fraction of sp³-hybridized carbons (Fsp3) is 0.375. The number of anilines is 1. The Balaban J connectivity index is 2.01. The van der Waals surface area contributed by atoms with Crippen molar-refractivity contribution in [3.05, 3.63) is 90.0 Å². The summed E-state index contributed by atoms with van der Waals surface area (Å²) in [6, 6.07) is 21.6. The van der Waals surface area contributed by atoms with Crippen LogP contribution in [0.1, 0.15) is 57.6 Å². The maximum Gasteiger partial charge on any atom is 0.264 e. The van der Waals surface area contributed by atoms with E-state index in [0.29, 0.717) is 18.0 Å². The van der Waals surface area contributed by atoms with Gasteiger partial charge in [-0.3, -0.25) is 13.9 Å². The van der Waals surface area contributed by atoms with E-state index in [2.05, 4.69) is 19.2 Å². The molecule has 41 heavy (non-hydrogen) atoms. The van der Waals surface area contributed by atoms with Crippen molar-refractivity contribution in [1.29, 1.82) is 0 Å². The summed E-state index contributed by atoms with van der Waals surface area (Å²) < 4.78 is 34.2. The number of nitrogens with one attached hydrogen (secondary N) is 1. The van der Waals surface area contributed by atoms with Crippen molar-refractivity contribution in [3.63, 3.8) is 0 Å².